The molecular formula is C18H18ClNO3S. The SMILES string of the molecule is Cc1ccccc1N1C(=O)CSC1(C)c1cc(CO)cc(Cl)c1O. The van der Waals surface area contributed by atoms with Crippen molar-refractivity contribution in [3.63, 3.8) is 0 Å². The number of benzene rings is 2. The van der Waals surface area contributed by atoms with Crippen molar-refractivity contribution in [1.82, 2.24) is 0 Å². The molecule has 4 nitrogen and oxygen atoms in total. The number of phenolic OH excluding ortho intramolecular Hbond substituents is 1. The predicted octanol–water partition coefficient (Wildman–Crippen LogP) is 3.80. The van der Waals surface area contributed by atoms with Crippen LogP contribution in [0.4, 0.5) is 5.69 Å². The van der Waals surface area contributed by atoms with Crippen LogP contribution in [0.5, 0.6) is 5.75 Å². The Hall–Kier alpha value is -1.69. The van der Waals surface area contributed by atoms with Gasteiger partial charge in [-0.1, -0.05) is 29.8 Å². The molecule has 0 bridgehead atoms. The Morgan fingerprint density at radius 3 is 2.71 bits per heavy atom. The van der Waals surface area contributed by atoms with Gasteiger partial charge in [0.15, 0.2) is 0 Å². The number of anilines is 1. The van der Waals surface area contributed by atoms with Gasteiger partial charge in [0.05, 0.1) is 17.4 Å². The fraction of sp³-hybridized carbons (Fsp3) is 0.278. The first-order valence-corrected chi connectivity index (χ1v) is 8.90. The van der Waals surface area contributed by atoms with Crippen molar-refractivity contribution in [2.45, 2.75) is 25.3 Å². The van der Waals surface area contributed by atoms with Gasteiger partial charge in [-0.2, -0.15) is 0 Å². The molecule has 1 atom stereocenters. The van der Waals surface area contributed by atoms with Gasteiger partial charge in [-0.15, -0.1) is 11.8 Å². The van der Waals surface area contributed by atoms with Crippen molar-refractivity contribution in [1.29, 1.82) is 0 Å². The summed E-state index contributed by atoms with van der Waals surface area (Å²) in [5.41, 5.74) is 2.90. The van der Waals surface area contributed by atoms with Crippen LogP contribution in [0.1, 0.15) is 23.6 Å². The van der Waals surface area contributed by atoms with E-state index < -0.39 is 4.87 Å². The first-order chi connectivity index (χ1) is 11.4. The molecule has 0 radical (unpaired) electrons. The minimum absolute atomic E-state index is 0.0262. The second-order valence-corrected chi connectivity index (χ2v) is 7.70. The molecule has 2 aromatic carbocycles. The highest BCUT2D eigenvalue weighted by Gasteiger charge is 2.47. The van der Waals surface area contributed by atoms with Crippen molar-refractivity contribution in [2.75, 3.05) is 10.7 Å². The lowest BCUT2D eigenvalue weighted by molar-refractivity contribution is -0.116. The fourth-order valence-corrected chi connectivity index (χ4v) is 4.46. The van der Waals surface area contributed by atoms with Gasteiger partial charge in [-0.3, -0.25) is 9.69 Å². The van der Waals surface area contributed by atoms with Gasteiger partial charge in [0.1, 0.15) is 10.6 Å². The van der Waals surface area contributed by atoms with Crippen LogP contribution in [0.15, 0.2) is 36.4 Å². The average molecular weight is 364 g/mol. The molecular weight excluding hydrogens is 346 g/mol. The van der Waals surface area contributed by atoms with Crippen LogP contribution in [-0.2, 0) is 16.3 Å². The summed E-state index contributed by atoms with van der Waals surface area (Å²) < 4.78 is 0. The number of aromatic hydroxyl groups is 1. The Kier molecular flexibility index (Phi) is 4.51. The standard InChI is InChI=1S/C18H18ClNO3S/c1-11-5-3-4-6-15(11)20-16(22)10-24-18(20,2)13-7-12(9-21)8-14(19)17(13)23/h3-8,21,23H,9-10H2,1-2H3. The number of hydrogen-bond acceptors (Lipinski definition) is 4. The zero-order chi connectivity index (χ0) is 17.5. The normalized spacial score (nSPS) is 20.7. The summed E-state index contributed by atoms with van der Waals surface area (Å²) in [5.74, 6) is 0.226. The van der Waals surface area contributed by atoms with Crippen LogP contribution in [-0.4, -0.2) is 21.9 Å². The molecule has 1 saturated heterocycles. The van der Waals surface area contributed by atoms with Crippen molar-refractivity contribution in [3.8, 4) is 5.75 Å². The van der Waals surface area contributed by atoms with E-state index in [-0.39, 0.29) is 23.3 Å². The number of rotatable bonds is 3. The summed E-state index contributed by atoms with van der Waals surface area (Å²) >= 11 is 7.56. The lowest BCUT2D eigenvalue weighted by Crippen LogP contribution is -2.40. The Morgan fingerprint density at radius 1 is 1.33 bits per heavy atom. The number of aliphatic hydroxyl groups is 1. The Morgan fingerprint density at radius 2 is 2.04 bits per heavy atom. The van der Waals surface area contributed by atoms with E-state index in [1.54, 1.807) is 11.0 Å². The third-order valence-electron chi connectivity index (χ3n) is 4.31. The fourth-order valence-electron chi connectivity index (χ4n) is 3.05. The molecule has 0 aromatic heterocycles. The van der Waals surface area contributed by atoms with Crippen molar-refractivity contribution in [2.24, 2.45) is 0 Å². The van der Waals surface area contributed by atoms with Crippen LogP contribution in [0.2, 0.25) is 5.02 Å². The lowest BCUT2D eigenvalue weighted by Gasteiger charge is -2.36. The molecule has 1 fully saturated rings. The summed E-state index contributed by atoms with van der Waals surface area (Å²) in [6, 6.07) is 10.9. The molecule has 1 heterocycles. The number of phenols is 1. The number of amides is 1. The van der Waals surface area contributed by atoms with E-state index in [1.807, 2.05) is 38.1 Å². The number of nitrogens with zero attached hydrogens (tertiary/aromatic N) is 1. The number of aryl methyl sites for hydroxylation is 1. The van der Waals surface area contributed by atoms with Crippen molar-refractivity contribution in [3.05, 3.63) is 58.1 Å². The van der Waals surface area contributed by atoms with Crippen LogP contribution in [0, 0.1) is 6.92 Å². The topological polar surface area (TPSA) is 60.8 Å². The number of para-hydroxylation sites is 1. The Balaban J connectivity index is 2.20. The number of hydrogen-bond donors (Lipinski definition) is 2. The molecule has 1 amide bonds. The highest BCUT2D eigenvalue weighted by molar-refractivity contribution is 8.01. The average Bonchev–Trinajstić information content (AvgIpc) is 2.86. The van der Waals surface area contributed by atoms with Gasteiger partial charge in [0, 0.05) is 11.3 Å². The maximum absolute atomic E-state index is 12.6. The zero-order valence-corrected chi connectivity index (χ0v) is 15.0. The van der Waals surface area contributed by atoms with E-state index in [1.165, 1.54) is 17.8 Å². The predicted molar refractivity (Wildman–Crippen MR) is 97.5 cm³/mol. The van der Waals surface area contributed by atoms with Crippen LogP contribution in [0.3, 0.4) is 0 Å². The van der Waals surface area contributed by atoms with E-state index in [0.717, 1.165) is 11.3 Å². The Labute approximate surface area is 150 Å². The maximum atomic E-state index is 12.6. The minimum Gasteiger partial charge on any atom is -0.506 e. The number of carbonyl (C=O) groups is 1. The summed E-state index contributed by atoms with van der Waals surface area (Å²) in [7, 11) is 0. The van der Waals surface area contributed by atoms with E-state index >= 15 is 0 Å². The third-order valence-corrected chi connectivity index (χ3v) is 5.96. The van der Waals surface area contributed by atoms with Gasteiger partial charge >= 0.3 is 0 Å². The van der Waals surface area contributed by atoms with Crippen LogP contribution >= 0.6 is 23.4 Å². The molecule has 6 heteroatoms. The maximum Gasteiger partial charge on any atom is 0.238 e. The summed E-state index contributed by atoms with van der Waals surface area (Å²) in [4.78, 5) is 13.5. The molecule has 2 aromatic rings. The monoisotopic (exact) mass is 363 g/mol. The third kappa shape index (κ3) is 2.66. The van der Waals surface area contributed by atoms with E-state index in [4.69, 9.17) is 11.6 Å². The molecule has 0 saturated carbocycles. The smallest absolute Gasteiger partial charge is 0.238 e. The molecule has 126 valence electrons. The molecule has 0 aliphatic carbocycles. The van der Waals surface area contributed by atoms with Gasteiger partial charge in [0.25, 0.3) is 0 Å². The minimum atomic E-state index is -0.803. The number of aliphatic hydroxyl groups excluding tert-OH is 1. The molecule has 2 N–H and O–H groups in total. The van der Waals surface area contributed by atoms with Gasteiger partial charge in [0.2, 0.25) is 5.91 Å². The van der Waals surface area contributed by atoms with E-state index in [9.17, 15) is 15.0 Å². The van der Waals surface area contributed by atoms with Gasteiger partial charge < -0.3 is 10.2 Å². The number of carbonyl (C=O) groups excluding carboxylic acids is 1. The molecule has 1 unspecified atom stereocenters. The number of thioether (sulfide) groups is 1. The molecule has 1 aliphatic rings. The molecule has 1 aliphatic heterocycles. The number of halogens is 1. The first kappa shape index (κ1) is 17.1. The second-order valence-electron chi connectivity index (χ2n) is 5.92. The molecule has 0 spiro atoms. The highest BCUT2D eigenvalue weighted by Crippen LogP contribution is 2.51. The highest BCUT2D eigenvalue weighted by atomic mass is 35.5. The molecule has 3 rings (SSSR count). The van der Waals surface area contributed by atoms with Crippen LogP contribution < -0.4 is 4.90 Å². The second kappa shape index (κ2) is 6.31. The van der Waals surface area contributed by atoms with Gasteiger partial charge in [-0.05, 0) is 43.2 Å². The summed E-state index contributed by atoms with van der Waals surface area (Å²) in [6.07, 6.45) is 0. The van der Waals surface area contributed by atoms with Gasteiger partial charge in [-0.25, -0.2) is 0 Å². The van der Waals surface area contributed by atoms with E-state index in [0.29, 0.717) is 16.9 Å². The van der Waals surface area contributed by atoms with Crippen molar-refractivity contribution < 1.29 is 15.0 Å². The molecule has 24 heavy (non-hydrogen) atoms. The largest absolute Gasteiger partial charge is 0.506 e. The summed E-state index contributed by atoms with van der Waals surface area (Å²) in [6.45, 7) is 3.65. The lowest BCUT2D eigenvalue weighted by atomic mass is 10.0. The quantitative estimate of drug-likeness (QED) is 0.870. The van der Waals surface area contributed by atoms with Crippen molar-refractivity contribution >= 4 is 35.0 Å². The summed E-state index contributed by atoms with van der Waals surface area (Å²) in [5, 5.41) is 20.1. The van der Waals surface area contributed by atoms with E-state index in [2.05, 4.69) is 0 Å². The first-order valence-electron chi connectivity index (χ1n) is 7.54. The van der Waals surface area contributed by atoms with Crippen LogP contribution in [0.25, 0.3) is 0 Å². The zero-order valence-electron chi connectivity index (χ0n) is 13.4. The Bertz CT molecular complexity index is 811.